The second-order valence-corrected chi connectivity index (χ2v) is 3.81. The Labute approximate surface area is 105 Å². The number of ether oxygens (including phenoxy) is 1. The van der Waals surface area contributed by atoms with Gasteiger partial charge in [0.1, 0.15) is 0 Å². The molecule has 0 aliphatic carbocycles. The molecule has 0 aromatic carbocycles. The average molecular weight is 245 g/mol. The molecule has 5 nitrogen and oxygen atoms in total. The molecule has 0 saturated heterocycles. The molecule has 0 atom stereocenters. The van der Waals surface area contributed by atoms with Crippen molar-refractivity contribution in [1.82, 2.24) is 9.55 Å². The standard InChI is InChI=1S/C13H15N3O2/c1-18-13-5-4-11(10-14-13)15-12(17)6-9-16-7-2-3-8-16/h2-5,7-8,10H,6,9H2,1H3,(H,15,17). The second kappa shape index (κ2) is 5.86. The van der Waals surface area contributed by atoms with E-state index in [9.17, 15) is 4.79 Å². The Morgan fingerprint density at radius 3 is 2.78 bits per heavy atom. The monoisotopic (exact) mass is 245 g/mol. The normalized spacial score (nSPS) is 10.1. The molecule has 2 aromatic rings. The van der Waals surface area contributed by atoms with Crippen molar-refractivity contribution in [3.8, 4) is 5.88 Å². The van der Waals surface area contributed by atoms with Gasteiger partial charge in [0.05, 0.1) is 19.0 Å². The molecule has 0 bridgehead atoms. The molecule has 2 rings (SSSR count). The molecule has 94 valence electrons. The molecule has 2 heterocycles. The molecule has 0 aliphatic rings. The molecule has 0 saturated carbocycles. The Balaban J connectivity index is 1.83. The maximum Gasteiger partial charge on any atom is 0.226 e. The van der Waals surface area contributed by atoms with E-state index in [2.05, 4.69) is 10.3 Å². The Morgan fingerprint density at radius 2 is 2.17 bits per heavy atom. The van der Waals surface area contributed by atoms with Crippen LogP contribution in [-0.2, 0) is 11.3 Å². The molecule has 0 aliphatic heterocycles. The van der Waals surface area contributed by atoms with Crippen molar-refractivity contribution >= 4 is 11.6 Å². The first kappa shape index (κ1) is 12.2. The van der Waals surface area contributed by atoms with Crippen LogP contribution in [0.2, 0.25) is 0 Å². The number of aryl methyl sites for hydroxylation is 1. The molecule has 5 heteroatoms. The fourth-order valence-electron chi connectivity index (χ4n) is 1.55. The third-order valence-electron chi connectivity index (χ3n) is 2.49. The van der Waals surface area contributed by atoms with Gasteiger partial charge in [-0.05, 0) is 18.2 Å². The number of pyridine rings is 1. The van der Waals surface area contributed by atoms with Crippen LogP contribution in [0.3, 0.4) is 0 Å². The zero-order valence-corrected chi connectivity index (χ0v) is 10.2. The fourth-order valence-corrected chi connectivity index (χ4v) is 1.55. The van der Waals surface area contributed by atoms with Gasteiger partial charge in [-0.25, -0.2) is 4.98 Å². The number of anilines is 1. The number of rotatable bonds is 5. The number of amides is 1. The molecular formula is C13H15N3O2. The van der Waals surface area contributed by atoms with E-state index in [1.807, 2.05) is 29.1 Å². The topological polar surface area (TPSA) is 56.1 Å². The molecule has 0 unspecified atom stereocenters. The van der Waals surface area contributed by atoms with Crippen molar-refractivity contribution in [3.63, 3.8) is 0 Å². The van der Waals surface area contributed by atoms with Crippen LogP contribution in [0.5, 0.6) is 5.88 Å². The van der Waals surface area contributed by atoms with Crippen LogP contribution in [0.1, 0.15) is 6.42 Å². The molecule has 1 N–H and O–H groups in total. The lowest BCUT2D eigenvalue weighted by atomic mass is 10.3. The van der Waals surface area contributed by atoms with E-state index in [-0.39, 0.29) is 5.91 Å². The molecule has 0 spiro atoms. The highest BCUT2D eigenvalue weighted by atomic mass is 16.5. The van der Waals surface area contributed by atoms with E-state index in [1.165, 1.54) is 0 Å². The Bertz CT molecular complexity index is 491. The van der Waals surface area contributed by atoms with Crippen LogP contribution in [0, 0.1) is 0 Å². The molecule has 2 aromatic heterocycles. The Hall–Kier alpha value is -2.30. The minimum Gasteiger partial charge on any atom is -0.481 e. The van der Waals surface area contributed by atoms with Crippen molar-refractivity contribution in [2.45, 2.75) is 13.0 Å². The number of methoxy groups -OCH3 is 1. The van der Waals surface area contributed by atoms with Crippen molar-refractivity contribution in [3.05, 3.63) is 42.9 Å². The van der Waals surface area contributed by atoms with Crippen LogP contribution in [-0.4, -0.2) is 22.6 Å². The average Bonchev–Trinajstić information content (AvgIpc) is 2.90. The van der Waals surface area contributed by atoms with E-state index < -0.39 is 0 Å². The lowest BCUT2D eigenvalue weighted by Crippen LogP contribution is -2.14. The third-order valence-corrected chi connectivity index (χ3v) is 2.49. The van der Waals surface area contributed by atoms with Crippen molar-refractivity contribution < 1.29 is 9.53 Å². The maximum absolute atomic E-state index is 11.7. The van der Waals surface area contributed by atoms with E-state index >= 15 is 0 Å². The van der Waals surface area contributed by atoms with Gasteiger partial charge < -0.3 is 14.6 Å². The van der Waals surface area contributed by atoms with Gasteiger partial charge in [-0.15, -0.1) is 0 Å². The van der Waals surface area contributed by atoms with E-state index in [0.29, 0.717) is 24.5 Å². The van der Waals surface area contributed by atoms with Gasteiger partial charge in [0.25, 0.3) is 0 Å². The van der Waals surface area contributed by atoms with Crippen molar-refractivity contribution in [2.24, 2.45) is 0 Å². The minimum absolute atomic E-state index is 0.0318. The smallest absolute Gasteiger partial charge is 0.226 e. The molecule has 0 fully saturated rings. The van der Waals surface area contributed by atoms with Gasteiger partial charge in [-0.1, -0.05) is 0 Å². The first-order chi connectivity index (χ1) is 8.78. The summed E-state index contributed by atoms with van der Waals surface area (Å²) in [5, 5.41) is 2.79. The van der Waals surface area contributed by atoms with Gasteiger partial charge >= 0.3 is 0 Å². The zero-order valence-electron chi connectivity index (χ0n) is 10.2. The number of nitrogens with one attached hydrogen (secondary N) is 1. The lowest BCUT2D eigenvalue weighted by Gasteiger charge is -2.06. The summed E-state index contributed by atoms with van der Waals surface area (Å²) in [4.78, 5) is 15.7. The van der Waals surface area contributed by atoms with Crippen LogP contribution in [0.4, 0.5) is 5.69 Å². The number of carbonyl (C=O) groups is 1. The summed E-state index contributed by atoms with van der Waals surface area (Å²) in [7, 11) is 1.55. The van der Waals surface area contributed by atoms with Crippen LogP contribution in [0.15, 0.2) is 42.9 Å². The predicted molar refractivity (Wildman–Crippen MR) is 68.5 cm³/mol. The maximum atomic E-state index is 11.7. The number of hydrogen-bond acceptors (Lipinski definition) is 3. The largest absolute Gasteiger partial charge is 0.481 e. The number of nitrogens with zero attached hydrogens (tertiary/aromatic N) is 2. The van der Waals surface area contributed by atoms with E-state index in [0.717, 1.165) is 0 Å². The first-order valence-corrected chi connectivity index (χ1v) is 5.68. The Morgan fingerprint density at radius 1 is 1.39 bits per heavy atom. The second-order valence-electron chi connectivity index (χ2n) is 3.81. The molecule has 18 heavy (non-hydrogen) atoms. The summed E-state index contributed by atoms with van der Waals surface area (Å²) in [5.74, 6) is 0.496. The first-order valence-electron chi connectivity index (χ1n) is 5.68. The summed E-state index contributed by atoms with van der Waals surface area (Å²) < 4.78 is 6.91. The van der Waals surface area contributed by atoms with Gasteiger partial charge in [0, 0.05) is 31.4 Å². The van der Waals surface area contributed by atoms with E-state index in [1.54, 1.807) is 25.4 Å². The van der Waals surface area contributed by atoms with E-state index in [4.69, 9.17) is 4.74 Å². The summed E-state index contributed by atoms with van der Waals surface area (Å²) in [6.07, 6.45) is 5.87. The predicted octanol–water partition coefficient (Wildman–Crippen LogP) is 1.92. The highest BCUT2D eigenvalue weighted by molar-refractivity contribution is 5.90. The van der Waals surface area contributed by atoms with Gasteiger partial charge in [0.15, 0.2) is 0 Å². The SMILES string of the molecule is COc1ccc(NC(=O)CCn2cccc2)cn1. The highest BCUT2D eigenvalue weighted by Gasteiger charge is 2.03. The van der Waals surface area contributed by atoms with Gasteiger partial charge in [-0.3, -0.25) is 4.79 Å². The van der Waals surface area contributed by atoms with Crippen LogP contribution in [0.25, 0.3) is 0 Å². The fraction of sp³-hybridized carbons (Fsp3) is 0.231. The number of aromatic nitrogens is 2. The molecular weight excluding hydrogens is 230 g/mol. The number of carbonyl (C=O) groups excluding carboxylic acids is 1. The summed E-state index contributed by atoms with van der Waals surface area (Å²) >= 11 is 0. The van der Waals surface area contributed by atoms with Crippen molar-refractivity contribution in [1.29, 1.82) is 0 Å². The molecule has 0 radical (unpaired) electrons. The lowest BCUT2D eigenvalue weighted by molar-refractivity contribution is -0.116. The molecule has 1 amide bonds. The minimum atomic E-state index is -0.0318. The van der Waals surface area contributed by atoms with Crippen molar-refractivity contribution in [2.75, 3.05) is 12.4 Å². The Kier molecular flexibility index (Phi) is 3.96. The quantitative estimate of drug-likeness (QED) is 0.875. The number of hydrogen-bond donors (Lipinski definition) is 1. The van der Waals surface area contributed by atoms with Crippen LogP contribution < -0.4 is 10.1 Å². The summed E-state index contributed by atoms with van der Waals surface area (Å²) in [5.41, 5.74) is 0.674. The highest BCUT2D eigenvalue weighted by Crippen LogP contribution is 2.11. The zero-order chi connectivity index (χ0) is 12.8. The summed E-state index contributed by atoms with van der Waals surface area (Å²) in [6.45, 7) is 0.669. The van der Waals surface area contributed by atoms with Gasteiger partial charge in [0.2, 0.25) is 11.8 Å². The van der Waals surface area contributed by atoms with Crippen LogP contribution >= 0.6 is 0 Å². The van der Waals surface area contributed by atoms with Gasteiger partial charge in [-0.2, -0.15) is 0 Å². The third kappa shape index (κ3) is 3.35. The summed E-state index contributed by atoms with van der Waals surface area (Å²) in [6, 6.07) is 7.34.